The standard InChI is InChI=1S/C13H21N5O/c1-3-4-15-12-7-13(17-10(2)16-12)18-5-6-19-9-11(18)8-14/h3,7,11H,1,4-6,8-9,14H2,2H3,(H,15,16,17). The maximum atomic E-state index is 5.79. The summed E-state index contributed by atoms with van der Waals surface area (Å²) in [6, 6.07) is 2.13. The quantitative estimate of drug-likeness (QED) is 0.755. The number of nitrogens with two attached hydrogens (primary N) is 1. The molecule has 0 bridgehead atoms. The summed E-state index contributed by atoms with van der Waals surface area (Å²) in [6.45, 7) is 8.97. The molecule has 1 aromatic rings. The van der Waals surface area contributed by atoms with Gasteiger partial charge < -0.3 is 20.7 Å². The molecule has 0 saturated carbocycles. The highest BCUT2D eigenvalue weighted by Gasteiger charge is 2.23. The summed E-state index contributed by atoms with van der Waals surface area (Å²) in [6.07, 6.45) is 1.80. The maximum Gasteiger partial charge on any atom is 0.134 e. The first-order chi connectivity index (χ1) is 9.24. The van der Waals surface area contributed by atoms with Crippen LogP contribution in [0.15, 0.2) is 18.7 Å². The van der Waals surface area contributed by atoms with Crippen LogP contribution in [0.3, 0.4) is 0 Å². The molecule has 0 spiro atoms. The van der Waals surface area contributed by atoms with Crippen LogP contribution >= 0.6 is 0 Å². The number of aromatic nitrogens is 2. The molecule has 1 fully saturated rings. The number of aryl methyl sites for hydroxylation is 1. The minimum atomic E-state index is 0.176. The summed E-state index contributed by atoms with van der Waals surface area (Å²) in [5.41, 5.74) is 5.79. The van der Waals surface area contributed by atoms with Gasteiger partial charge in [0.15, 0.2) is 0 Å². The van der Waals surface area contributed by atoms with E-state index in [1.54, 1.807) is 6.08 Å². The van der Waals surface area contributed by atoms with Crippen molar-refractivity contribution in [2.45, 2.75) is 13.0 Å². The van der Waals surface area contributed by atoms with Crippen molar-refractivity contribution in [2.24, 2.45) is 5.73 Å². The molecule has 0 amide bonds. The fourth-order valence-electron chi connectivity index (χ4n) is 2.12. The smallest absolute Gasteiger partial charge is 0.134 e. The predicted molar refractivity (Wildman–Crippen MR) is 76.5 cm³/mol. The van der Waals surface area contributed by atoms with Crippen molar-refractivity contribution in [1.29, 1.82) is 0 Å². The molecule has 6 heteroatoms. The van der Waals surface area contributed by atoms with E-state index in [-0.39, 0.29) is 6.04 Å². The SMILES string of the molecule is C=CCNc1cc(N2CCOCC2CN)nc(C)n1. The summed E-state index contributed by atoms with van der Waals surface area (Å²) < 4.78 is 5.46. The van der Waals surface area contributed by atoms with E-state index in [1.807, 2.05) is 13.0 Å². The summed E-state index contributed by atoms with van der Waals surface area (Å²) in [5.74, 6) is 2.45. The number of morpholine rings is 1. The van der Waals surface area contributed by atoms with Crippen LogP contribution in [0.2, 0.25) is 0 Å². The molecule has 0 aliphatic carbocycles. The van der Waals surface area contributed by atoms with E-state index in [9.17, 15) is 0 Å². The summed E-state index contributed by atoms with van der Waals surface area (Å²) in [5, 5.41) is 3.19. The molecule has 2 rings (SSSR count). The van der Waals surface area contributed by atoms with Crippen molar-refractivity contribution in [3.05, 3.63) is 24.5 Å². The molecular weight excluding hydrogens is 242 g/mol. The number of nitrogens with one attached hydrogen (secondary N) is 1. The minimum Gasteiger partial charge on any atom is -0.377 e. The lowest BCUT2D eigenvalue weighted by molar-refractivity contribution is 0.0958. The van der Waals surface area contributed by atoms with Gasteiger partial charge in [-0.2, -0.15) is 0 Å². The first kappa shape index (κ1) is 13.8. The first-order valence-corrected chi connectivity index (χ1v) is 6.49. The Morgan fingerprint density at radius 2 is 2.47 bits per heavy atom. The highest BCUT2D eigenvalue weighted by atomic mass is 16.5. The Kier molecular flexibility index (Phi) is 4.70. The van der Waals surface area contributed by atoms with Gasteiger partial charge in [0.2, 0.25) is 0 Å². The molecular formula is C13H21N5O. The second-order valence-corrected chi connectivity index (χ2v) is 4.49. The fraction of sp³-hybridized carbons (Fsp3) is 0.538. The van der Waals surface area contributed by atoms with Crippen LogP contribution in [-0.4, -0.2) is 48.9 Å². The number of hydrogen-bond donors (Lipinski definition) is 2. The van der Waals surface area contributed by atoms with Gasteiger partial charge in [-0.05, 0) is 6.92 Å². The molecule has 19 heavy (non-hydrogen) atoms. The van der Waals surface area contributed by atoms with Crippen molar-refractivity contribution in [1.82, 2.24) is 9.97 Å². The van der Waals surface area contributed by atoms with Crippen LogP contribution in [0, 0.1) is 6.92 Å². The number of nitrogens with zero attached hydrogens (tertiary/aromatic N) is 3. The summed E-state index contributed by atoms with van der Waals surface area (Å²) in [4.78, 5) is 11.1. The molecule has 1 aromatic heterocycles. The third-order valence-corrected chi connectivity index (χ3v) is 3.05. The molecule has 0 aromatic carbocycles. The number of hydrogen-bond acceptors (Lipinski definition) is 6. The van der Waals surface area contributed by atoms with E-state index in [0.29, 0.717) is 26.3 Å². The van der Waals surface area contributed by atoms with Gasteiger partial charge in [-0.1, -0.05) is 6.08 Å². The van der Waals surface area contributed by atoms with Crippen LogP contribution < -0.4 is 16.0 Å². The third-order valence-electron chi connectivity index (χ3n) is 3.05. The van der Waals surface area contributed by atoms with Crippen molar-refractivity contribution < 1.29 is 4.74 Å². The van der Waals surface area contributed by atoms with Crippen LogP contribution in [0.4, 0.5) is 11.6 Å². The van der Waals surface area contributed by atoms with Gasteiger partial charge in [0.25, 0.3) is 0 Å². The Labute approximate surface area is 113 Å². The zero-order valence-electron chi connectivity index (χ0n) is 11.3. The molecule has 1 aliphatic rings. The maximum absolute atomic E-state index is 5.79. The van der Waals surface area contributed by atoms with E-state index in [4.69, 9.17) is 10.5 Å². The van der Waals surface area contributed by atoms with E-state index < -0.39 is 0 Å². The third kappa shape index (κ3) is 3.42. The molecule has 1 unspecified atom stereocenters. The molecule has 2 heterocycles. The zero-order valence-corrected chi connectivity index (χ0v) is 11.3. The van der Waals surface area contributed by atoms with Crippen molar-refractivity contribution in [2.75, 3.05) is 43.1 Å². The zero-order chi connectivity index (χ0) is 13.7. The molecule has 6 nitrogen and oxygen atoms in total. The molecule has 1 aliphatic heterocycles. The fourth-order valence-corrected chi connectivity index (χ4v) is 2.12. The Morgan fingerprint density at radius 3 is 3.21 bits per heavy atom. The summed E-state index contributed by atoms with van der Waals surface area (Å²) >= 11 is 0. The predicted octanol–water partition coefficient (Wildman–Crippen LogP) is 0.547. The Morgan fingerprint density at radius 1 is 1.63 bits per heavy atom. The van der Waals surface area contributed by atoms with Crippen LogP contribution in [0.25, 0.3) is 0 Å². The van der Waals surface area contributed by atoms with E-state index in [2.05, 4.69) is 26.8 Å². The Balaban J connectivity index is 2.21. The Bertz CT molecular complexity index is 437. The van der Waals surface area contributed by atoms with Gasteiger partial charge in [0.05, 0.1) is 19.3 Å². The van der Waals surface area contributed by atoms with Crippen molar-refractivity contribution in [3.63, 3.8) is 0 Å². The topological polar surface area (TPSA) is 76.3 Å². The van der Waals surface area contributed by atoms with Gasteiger partial charge >= 0.3 is 0 Å². The van der Waals surface area contributed by atoms with Gasteiger partial charge in [0.1, 0.15) is 17.5 Å². The second kappa shape index (κ2) is 6.49. The van der Waals surface area contributed by atoms with Crippen LogP contribution in [0.5, 0.6) is 0 Å². The number of anilines is 2. The van der Waals surface area contributed by atoms with Crippen LogP contribution in [0.1, 0.15) is 5.82 Å². The monoisotopic (exact) mass is 263 g/mol. The molecule has 104 valence electrons. The largest absolute Gasteiger partial charge is 0.377 e. The molecule has 1 saturated heterocycles. The average Bonchev–Trinajstić information content (AvgIpc) is 2.44. The second-order valence-electron chi connectivity index (χ2n) is 4.49. The van der Waals surface area contributed by atoms with Crippen LogP contribution in [-0.2, 0) is 4.74 Å². The minimum absolute atomic E-state index is 0.176. The highest BCUT2D eigenvalue weighted by molar-refractivity contribution is 5.50. The lowest BCUT2D eigenvalue weighted by Crippen LogP contribution is -2.50. The first-order valence-electron chi connectivity index (χ1n) is 6.49. The number of ether oxygens (including phenoxy) is 1. The summed E-state index contributed by atoms with van der Waals surface area (Å²) in [7, 11) is 0. The Hall–Kier alpha value is -1.66. The van der Waals surface area contributed by atoms with Gasteiger partial charge in [-0.3, -0.25) is 0 Å². The lowest BCUT2D eigenvalue weighted by Gasteiger charge is -2.35. The van der Waals surface area contributed by atoms with Gasteiger partial charge in [-0.15, -0.1) is 6.58 Å². The van der Waals surface area contributed by atoms with Gasteiger partial charge in [0, 0.05) is 25.7 Å². The lowest BCUT2D eigenvalue weighted by atomic mass is 10.2. The van der Waals surface area contributed by atoms with Gasteiger partial charge in [-0.25, -0.2) is 9.97 Å². The number of rotatable bonds is 5. The molecule has 0 radical (unpaired) electrons. The van der Waals surface area contributed by atoms with E-state index in [1.165, 1.54) is 0 Å². The van der Waals surface area contributed by atoms with E-state index in [0.717, 1.165) is 24.0 Å². The van der Waals surface area contributed by atoms with Crippen molar-refractivity contribution in [3.8, 4) is 0 Å². The molecule has 1 atom stereocenters. The molecule has 3 N–H and O–H groups in total. The normalized spacial score (nSPS) is 19.3. The van der Waals surface area contributed by atoms with Crippen molar-refractivity contribution >= 4 is 11.6 Å². The highest BCUT2D eigenvalue weighted by Crippen LogP contribution is 2.20. The average molecular weight is 263 g/mol. The van der Waals surface area contributed by atoms with E-state index >= 15 is 0 Å².